The quantitative estimate of drug-likeness (QED) is 0.610. The zero-order chi connectivity index (χ0) is 22.3. The number of halogens is 6. The van der Waals surface area contributed by atoms with Gasteiger partial charge in [0, 0.05) is 26.2 Å². The van der Waals surface area contributed by atoms with E-state index in [0.29, 0.717) is 12.1 Å². The summed E-state index contributed by atoms with van der Waals surface area (Å²) in [4.78, 5) is 13.3. The monoisotopic (exact) mass is 484 g/mol. The van der Waals surface area contributed by atoms with Crippen LogP contribution >= 0.6 is 23.2 Å². The van der Waals surface area contributed by atoms with Crippen molar-refractivity contribution in [3.63, 3.8) is 0 Å². The van der Waals surface area contributed by atoms with E-state index in [-0.39, 0.29) is 41.8 Å². The highest BCUT2D eigenvalue weighted by atomic mass is 35.5. The Balaban J connectivity index is 1.78. The standard InChI is InChI=1S/C18H14Cl2F4N2O3S/c19-14-4-1-11(18(22,23)24)9-16(14)30(28,29)26-7-5-25(6-8-26)17(27)13-3-2-12(21)10-15(13)20/h1-4,9-10H,5-8H2. The highest BCUT2D eigenvalue weighted by Crippen LogP contribution is 2.34. The maximum Gasteiger partial charge on any atom is 0.416 e. The molecule has 0 bridgehead atoms. The summed E-state index contributed by atoms with van der Waals surface area (Å²) in [5.41, 5.74) is -1.07. The summed E-state index contributed by atoms with van der Waals surface area (Å²) in [7, 11) is -4.32. The van der Waals surface area contributed by atoms with Crippen LogP contribution < -0.4 is 0 Å². The van der Waals surface area contributed by atoms with Gasteiger partial charge in [-0.2, -0.15) is 17.5 Å². The van der Waals surface area contributed by atoms with Gasteiger partial charge >= 0.3 is 6.18 Å². The average molecular weight is 485 g/mol. The molecule has 1 aliphatic rings. The third-order valence-electron chi connectivity index (χ3n) is 4.56. The number of hydrogen-bond donors (Lipinski definition) is 0. The molecule has 0 unspecified atom stereocenters. The van der Waals surface area contributed by atoms with Gasteiger partial charge in [0.25, 0.3) is 5.91 Å². The van der Waals surface area contributed by atoms with Crippen molar-refractivity contribution < 1.29 is 30.8 Å². The largest absolute Gasteiger partial charge is 0.416 e. The van der Waals surface area contributed by atoms with E-state index in [1.165, 1.54) is 11.0 Å². The number of hydrogen-bond acceptors (Lipinski definition) is 3. The molecule has 5 nitrogen and oxygen atoms in total. The molecule has 1 fully saturated rings. The molecule has 0 aliphatic carbocycles. The van der Waals surface area contributed by atoms with E-state index in [4.69, 9.17) is 23.2 Å². The van der Waals surface area contributed by atoms with Crippen molar-refractivity contribution in [3.8, 4) is 0 Å². The van der Waals surface area contributed by atoms with Crippen LogP contribution in [0.25, 0.3) is 0 Å². The molecular weight excluding hydrogens is 471 g/mol. The number of nitrogens with zero attached hydrogens (tertiary/aromatic N) is 2. The maximum absolute atomic E-state index is 13.2. The number of amides is 1. The van der Waals surface area contributed by atoms with Gasteiger partial charge in [-0.1, -0.05) is 23.2 Å². The Morgan fingerprint density at radius 1 is 0.933 bits per heavy atom. The molecule has 0 radical (unpaired) electrons. The number of benzene rings is 2. The molecule has 12 heteroatoms. The smallest absolute Gasteiger partial charge is 0.336 e. The van der Waals surface area contributed by atoms with Gasteiger partial charge in [-0.3, -0.25) is 4.79 Å². The summed E-state index contributed by atoms with van der Waals surface area (Å²) in [6.45, 7) is -0.358. The first-order valence-electron chi connectivity index (χ1n) is 8.52. The zero-order valence-electron chi connectivity index (χ0n) is 15.1. The lowest BCUT2D eigenvalue weighted by atomic mass is 10.2. The molecule has 0 atom stereocenters. The average Bonchev–Trinajstić information content (AvgIpc) is 2.67. The van der Waals surface area contributed by atoms with Gasteiger partial charge < -0.3 is 4.90 Å². The number of piperazine rings is 1. The van der Waals surface area contributed by atoms with Crippen LogP contribution in [0.2, 0.25) is 10.0 Å². The molecule has 1 heterocycles. The van der Waals surface area contributed by atoms with Gasteiger partial charge in [-0.25, -0.2) is 12.8 Å². The van der Waals surface area contributed by atoms with Crippen molar-refractivity contribution in [2.24, 2.45) is 0 Å². The molecule has 1 saturated heterocycles. The second-order valence-electron chi connectivity index (χ2n) is 6.46. The summed E-state index contributed by atoms with van der Waals surface area (Å²) in [5, 5.41) is -0.412. The Morgan fingerprint density at radius 3 is 2.13 bits per heavy atom. The Morgan fingerprint density at radius 2 is 1.57 bits per heavy atom. The Kier molecular flexibility index (Phi) is 6.33. The summed E-state index contributed by atoms with van der Waals surface area (Å²) in [5.74, 6) is -1.11. The first kappa shape index (κ1) is 22.8. The molecule has 0 saturated carbocycles. The van der Waals surface area contributed by atoms with E-state index in [2.05, 4.69) is 0 Å². The molecule has 2 aromatic rings. The highest BCUT2D eigenvalue weighted by molar-refractivity contribution is 7.89. The minimum atomic E-state index is -4.73. The van der Waals surface area contributed by atoms with Gasteiger partial charge in [0.15, 0.2) is 0 Å². The number of carbonyl (C=O) groups is 1. The van der Waals surface area contributed by atoms with Gasteiger partial charge in [0.05, 0.1) is 21.2 Å². The minimum absolute atomic E-state index is 0.0254. The molecular formula is C18H14Cl2F4N2O3S. The summed E-state index contributed by atoms with van der Waals surface area (Å²) in [6.07, 6.45) is -4.73. The lowest BCUT2D eigenvalue weighted by Crippen LogP contribution is -2.50. The van der Waals surface area contributed by atoms with E-state index in [1.54, 1.807) is 0 Å². The predicted octanol–water partition coefficient (Wildman–Crippen LogP) is 4.30. The molecule has 3 rings (SSSR count). The second-order valence-corrected chi connectivity index (χ2v) is 9.18. The van der Waals surface area contributed by atoms with Crippen LogP contribution in [-0.2, 0) is 16.2 Å². The molecule has 162 valence electrons. The third kappa shape index (κ3) is 4.56. The van der Waals surface area contributed by atoms with Crippen LogP contribution in [0.5, 0.6) is 0 Å². The highest BCUT2D eigenvalue weighted by Gasteiger charge is 2.36. The predicted molar refractivity (Wildman–Crippen MR) is 103 cm³/mol. The van der Waals surface area contributed by atoms with Crippen LogP contribution in [0.1, 0.15) is 15.9 Å². The number of carbonyl (C=O) groups excluding carboxylic acids is 1. The van der Waals surface area contributed by atoms with Crippen LogP contribution in [0.4, 0.5) is 17.6 Å². The molecule has 0 N–H and O–H groups in total. The van der Waals surface area contributed by atoms with Crippen LogP contribution in [0.15, 0.2) is 41.3 Å². The van der Waals surface area contributed by atoms with E-state index in [0.717, 1.165) is 22.5 Å². The van der Waals surface area contributed by atoms with E-state index in [1.807, 2.05) is 0 Å². The lowest BCUT2D eigenvalue weighted by molar-refractivity contribution is -0.137. The third-order valence-corrected chi connectivity index (χ3v) is 7.26. The van der Waals surface area contributed by atoms with E-state index < -0.39 is 38.4 Å². The summed E-state index contributed by atoms with van der Waals surface area (Å²) >= 11 is 11.7. The topological polar surface area (TPSA) is 57.7 Å². The fraction of sp³-hybridized carbons (Fsp3) is 0.278. The molecule has 0 aromatic heterocycles. The number of alkyl halides is 3. The SMILES string of the molecule is O=C(c1ccc(F)cc1Cl)N1CCN(S(=O)(=O)c2cc(C(F)(F)F)ccc2Cl)CC1. The first-order valence-corrected chi connectivity index (χ1v) is 10.7. The van der Waals surface area contributed by atoms with E-state index in [9.17, 15) is 30.8 Å². The minimum Gasteiger partial charge on any atom is -0.336 e. The van der Waals surface area contributed by atoms with Gasteiger partial charge in [-0.15, -0.1) is 0 Å². The van der Waals surface area contributed by atoms with Crippen LogP contribution in [0, 0.1) is 5.82 Å². The van der Waals surface area contributed by atoms with Crippen molar-refractivity contribution in [2.45, 2.75) is 11.1 Å². The van der Waals surface area contributed by atoms with Crippen molar-refractivity contribution in [3.05, 3.63) is 63.4 Å². The lowest BCUT2D eigenvalue weighted by Gasteiger charge is -2.34. The molecule has 30 heavy (non-hydrogen) atoms. The maximum atomic E-state index is 13.2. The van der Waals surface area contributed by atoms with Crippen molar-refractivity contribution in [1.29, 1.82) is 0 Å². The Hall–Kier alpha value is -1.88. The second kappa shape index (κ2) is 8.33. The van der Waals surface area contributed by atoms with Gasteiger partial charge in [0.2, 0.25) is 10.0 Å². The summed E-state index contributed by atoms with van der Waals surface area (Å²) < 4.78 is 78.7. The van der Waals surface area contributed by atoms with E-state index >= 15 is 0 Å². The fourth-order valence-electron chi connectivity index (χ4n) is 2.98. The first-order chi connectivity index (χ1) is 13.9. The normalized spacial score (nSPS) is 16.0. The molecule has 1 amide bonds. The number of rotatable bonds is 3. The Labute approximate surface area is 179 Å². The molecule has 1 aliphatic heterocycles. The van der Waals surface area contributed by atoms with Crippen LogP contribution in [-0.4, -0.2) is 49.7 Å². The van der Waals surface area contributed by atoms with Crippen molar-refractivity contribution >= 4 is 39.1 Å². The van der Waals surface area contributed by atoms with Crippen molar-refractivity contribution in [2.75, 3.05) is 26.2 Å². The number of sulfonamides is 1. The molecule has 2 aromatic carbocycles. The zero-order valence-corrected chi connectivity index (χ0v) is 17.4. The summed E-state index contributed by atoms with van der Waals surface area (Å²) in [6, 6.07) is 5.37. The van der Waals surface area contributed by atoms with Gasteiger partial charge in [-0.05, 0) is 36.4 Å². The van der Waals surface area contributed by atoms with Crippen molar-refractivity contribution in [1.82, 2.24) is 9.21 Å². The van der Waals surface area contributed by atoms with Crippen LogP contribution in [0.3, 0.4) is 0 Å². The Bertz CT molecular complexity index is 1090. The molecule has 0 spiro atoms. The van der Waals surface area contributed by atoms with Gasteiger partial charge in [0.1, 0.15) is 10.7 Å². The fourth-order valence-corrected chi connectivity index (χ4v) is 5.15.